The number of carboxylic acids is 1. The van der Waals surface area contributed by atoms with Crippen molar-refractivity contribution in [2.24, 2.45) is 0 Å². The molecule has 1 aromatic rings. The Morgan fingerprint density at radius 2 is 2.11 bits per heavy atom. The Morgan fingerprint density at radius 1 is 1.39 bits per heavy atom. The fourth-order valence-corrected chi connectivity index (χ4v) is 1.28. The van der Waals surface area contributed by atoms with Gasteiger partial charge in [0.15, 0.2) is 0 Å². The van der Waals surface area contributed by atoms with Gasteiger partial charge in [0.05, 0.1) is 6.54 Å². The second-order valence-electron chi connectivity index (χ2n) is 3.50. The number of carboxylic acid groups (broad SMARTS) is 1. The van der Waals surface area contributed by atoms with Gasteiger partial charge in [0.2, 0.25) is 5.91 Å². The number of anilines is 1. The van der Waals surface area contributed by atoms with Gasteiger partial charge in [0.25, 0.3) is 0 Å². The van der Waals surface area contributed by atoms with Gasteiger partial charge in [-0.3, -0.25) is 4.79 Å². The van der Waals surface area contributed by atoms with Crippen molar-refractivity contribution < 1.29 is 19.8 Å². The van der Waals surface area contributed by atoms with Gasteiger partial charge in [-0.2, -0.15) is 0 Å². The highest BCUT2D eigenvalue weighted by molar-refractivity contribution is 5.95. The van der Waals surface area contributed by atoms with Gasteiger partial charge < -0.3 is 20.8 Å². The first-order valence-corrected chi connectivity index (χ1v) is 5.22. The zero-order valence-electron chi connectivity index (χ0n) is 9.64. The summed E-state index contributed by atoms with van der Waals surface area (Å²) in [7, 11) is 0. The van der Waals surface area contributed by atoms with Crippen molar-refractivity contribution in [1.82, 2.24) is 5.32 Å². The van der Waals surface area contributed by atoms with Crippen LogP contribution in [0.15, 0.2) is 30.9 Å². The number of carbonyl (C=O) groups excluding carboxylic acids is 1. The van der Waals surface area contributed by atoms with Crippen LogP contribution in [0, 0.1) is 0 Å². The van der Waals surface area contributed by atoms with E-state index in [-0.39, 0.29) is 23.8 Å². The molecule has 0 saturated heterocycles. The predicted molar refractivity (Wildman–Crippen MR) is 66.8 cm³/mol. The van der Waals surface area contributed by atoms with Gasteiger partial charge in [-0.25, -0.2) is 4.79 Å². The number of rotatable bonds is 6. The van der Waals surface area contributed by atoms with Crippen LogP contribution in [-0.2, 0) is 4.79 Å². The van der Waals surface area contributed by atoms with E-state index in [0.717, 1.165) is 0 Å². The van der Waals surface area contributed by atoms with Crippen LogP contribution in [0.5, 0.6) is 5.75 Å². The van der Waals surface area contributed by atoms with E-state index < -0.39 is 5.97 Å². The SMILES string of the molecule is C=CCNCC(=O)Nc1ccc(C(=O)O)c(O)c1. The van der Waals surface area contributed by atoms with Crippen LogP contribution in [0.3, 0.4) is 0 Å². The van der Waals surface area contributed by atoms with Crippen molar-refractivity contribution in [2.75, 3.05) is 18.4 Å². The van der Waals surface area contributed by atoms with Crippen LogP contribution in [0.4, 0.5) is 5.69 Å². The van der Waals surface area contributed by atoms with Gasteiger partial charge in [-0.1, -0.05) is 6.08 Å². The molecule has 4 N–H and O–H groups in total. The number of benzene rings is 1. The lowest BCUT2D eigenvalue weighted by Crippen LogP contribution is -2.28. The highest BCUT2D eigenvalue weighted by Gasteiger charge is 2.10. The average Bonchev–Trinajstić information content (AvgIpc) is 2.28. The predicted octanol–water partition coefficient (Wildman–Crippen LogP) is 0.804. The summed E-state index contributed by atoms with van der Waals surface area (Å²) in [6, 6.07) is 3.83. The molecular weight excluding hydrogens is 236 g/mol. The number of hydrogen-bond acceptors (Lipinski definition) is 4. The first-order chi connectivity index (χ1) is 8.54. The van der Waals surface area contributed by atoms with Gasteiger partial charge in [-0.05, 0) is 12.1 Å². The highest BCUT2D eigenvalue weighted by atomic mass is 16.4. The van der Waals surface area contributed by atoms with Crippen LogP contribution >= 0.6 is 0 Å². The summed E-state index contributed by atoms with van der Waals surface area (Å²) in [6.07, 6.45) is 1.63. The van der Waals surface area contributed by atoms with Crippen LogP contribution in [0.2, 0.25) is 0 Å². The average molecular weight is 250 g/mol. The Labute approximate surface area is 104 Å². The van der Waals surface area contributed by atoms with Crippen LogP contribution < -0.4 is 10.6 Å². The molecule has 0 unspecified atom stereocenters. The Hall–Kier alpha value is -2.34. The highest BCUT2D eigenvalue weighted by Crippen LogP contribution is 2.21. The molecule has 1 amide bonds. The monoisotopic (exact) mass is 250 g/mol. The summed E-state index contributed by atoms with van der Waals surface area (Å²) in [5.74, 6) is -1.91. The summed E-state index contributed by atoms with van der Waals surface area (Å²) in [4.78, 5) is 22.1. The minimum Gasteiger partial charge on any atom is -0.507 e. The molecule has 0 spiro atoms. The van der Waals surface area contributed by atoms with Gasteiger partial charge >= 0.3 is 5.97 Å². The molecule has 6 heteroatoms. The van der Waals surface area contributed by atoms with E-state index in [9.17, 15) is 14.7 Å². The van der Waals surface area contributed by atoms with E-state index in [1.54, 1.807) is 6.08 Å². The van der Waals surface area contributed by atoms with Crippen molar-refractivity contribution in [3.63, 3.8) is 0 Å². The van der Waals surface area contributed by atoms with Gasteiger partial charge in [-0.15, -0.1) is 6.58 Å². The Bertz CT molecular complexity index is 471. The van der Waals surface area contributed by atoms with E-state index in [1.807, 2.05) is 0 Å². The maximum atomic E-state index is 11.4. The number of aromatic carboxylic acids is 1. The second-order valence-corrected chi connectivity index (χ2v) is 3.50. The second kappa shape index (κ2) is 6.41. The van der Waals surface area contributed by atoms with E-state index in [4.69, 9.17) is 5.11 Å². The first kappa shape index (κ1) is 13.7. The third-order valence-electron chi connectivity index (χ3n) is 2.09. The third-order valence-corrected chi connectivity index (χ3v) is 2.09. The van der Waals surface area contributed by atoms with E-state index in [0.29, 0.717) is 12.2 Å². The van der Waals surface area contributed by atoms with Crippen LogP contribution in [0.25, 0.3) is 0 Å². The molecule has 0 bridgehead atoms. The lowest BCUT2D eigenvalue weighted by molar-refractivity contribution is -0.115. The van der Waals surface area contributed by atoms with E-state index >= 15 is 0 Å². The summed E-state index contributed by atoms with van der Waals surface area (Å²) < 4.78 is 0. The summed E-state index contributed by atoms with van der Waals surface area (Å²) >= 11 is 0. The van der Waals surface area contributed by atoms with Crippen LogP contribution in [-0.4, -0.2) is 35.2 Å². The topological polar surface area (TPSA) is 98.7 Å². The number of amides is 1. The Kier molecular flexibility index (Phi) is 4.89. The Balaban J connectivity index is 2.63. The molecular formula is C12H14N2O4. The van der Waals surface area contributed by atoms with Gasteiger partial charge in [0, 0.05) is 18.3 Å². The number of aromatic hydroxyl groups is 1. The largest absolute Gasteiger partial charge is 0.507 e. The molecule has 0 aliphatic heterocycles. The molecule has 0 heterocycles. The molecule has 0 aromatic heterocycles. The molecule has 0 aliphatic carbocycles. The fraction of sp³-hybridized carbons (Fsp3) is 0.167. The molecule has 0 aliphatic rings. The third kappa shape index (κ3) is 3.91. The summed E-state index contributed by atoms with van der Waals surface area (Å²) in [5.41, 5.74) is 0.126. The maximum absolute atomic E-state index is 11.4. The summed E-state index contributed by atoms with van der Waals surface area (Å²) in [6.45, 7) is 4.11. The molecule has 6 nitrogen and oxygen atoms in total. The number of phenols is 1. The molecule has 0 atom stereocenters. The van der Waals surface area contributed by atoms with Crippen molar-refractivity contribution >= 4 is 17.6 Å². The minimum atomic E-state index is -1.22. The van der Waals surface area contributed by atoms with Crippen molar-refractivity contribution in [2.45, 2.75) is 0 Å². The first-order valence-electron chi connectivity index (χ1n) is 5.22. The maximum Gasteiger partial charge on any atom is 0.339 e. The number of carbonyl (C=O) groups is 2. The molecule has 0 radical (unpaired) electrons. The molecule has 18 heavy (non-hydrogen) atoms. The van der Waals surface area contributed by atoms with Crippen molar-refractivity contribution in [3.05, 3.63) is 36.4 Å². The minimum absolute atomic E-state index is 0.105. The quantitative estimate of drug-likeness (QED) is 0.442. The fourth-order valence-electron chi connectivity index (χ4n) is 1.28. The molecule has 0 fully saturated rings. The lowest BCUT2D eigenvalue weighted by Gasteiger charge is -2.07. The molecule has 96 valence electrons. The van der Waals surface area contributed by atoms with Crippen molar-refractivity contribution in [1.29, 1.82) is 0 Å². The van der Waals surface area contributed by atoms with Gasteiger partial charge in [0.1, 0.15) is 11.3 Å². The molecule has 0 saturated carbocycles. The number of nitrogens with one attached hydrogen (secondary N) is 2. The lowest BCUT2D eigenvalue weighted by atomic mass is 10.2. The summed E-state index contributed by atoms with van der Waals surface area (Å²) in [5, 5.41) is 23.5. The van der Waals surface area contributed by atoms with E-state index in [2.05, 4.69) is 17.2 Å². The number of hydrogen-bond donors (Lipinski definition) is 4. The zero-order chi connectivity index (χ0) is 13.5. The molecule has 1 rings (SSSR count). The smallest absolute Gasteiger partial charge is 0.339 e. The van der Waals surface area contributed by atoms with Crippen molar-refractivity contribution in [3.8, 4) is 5.75 Å². The van der Waals surface area contributed by atoms with E-state index in [1.165, 1.54) is 18.2 Å². The molecule has 1 aromatic carbocycles. The van der Waals surface area contributed by atoms with Crippen LogP contribution in [0.1, 0.15) is 10.4 Å². The normalized spacial score (nSPS) is 9.78. The Morgan fingerprint density at radius 3 is 2.67 bits per heavy atom. The zero-order valence-corrected chi connectivity index (χ0v) is 9.64. The standard InChI is InChI=1S/C12H14N2O4/c1-2-5-13-7-11(16)14-8-3-4-9(12(17)18)10(15)6-8/h2-4,6,13,15H,1,5,7H2,(H,14,16)(H,17,18).